The molecule has 0 bridgehead atoms. The molecule has 0 aromatic carbocycles. The zero-order chi connectivity index (χ0) is 28.9. The number of nitriles is 1. The number of ether oxygens (including phenoxy) is 1. The predicted molar refractivity (Wildman–Crippen MR) is 158 cm³/mol. The average Bonchev–Trinajstić information content (AvgIpc) is 3.67. The number of nitrogens with one attached hydrogen (secondary N) is 2. The van der Waals surface area contributed by atoms with Crippen molar-refractivity contribution in [3.63, 3.8) is 0 Å². The molecular formula is C30H46N6O4S. The molecule has 0 radical (unpaired) electrons. The Kier molecular flexibility index (Phi) is 9.72. The first-order valence-electron chi connectivity index (χ1n) is 15.5. The number of sulfonamides is 1. The van der Waals surface area contributed by atoms with Crippen molar-refractivity contribution in [2.45, 2.75) is 88.1 Å². The van der Waals surface area contributed by atoms with Crippen LogP contribution in [0.5, 0.6) is 0 Å². The lowest BCUT2D eigenvalue weighted by atomic mass is 9.71. The zero-order valence-electron chi connectivity index (χ0n) is 24.4. The molecule has 1 amide bonds. The second kappa shape index (κ2) is 13.3. The van der Waals surface area contributed by atoms with E-state index in [1.807, 2.05) is 23.2 Å². The topological polar surface area (TPSA) is 131 Å². The van der Waals surface area contributed by atoms with E-state index in [4.69, 9.17) is 4.74 Å². The fourth-order valence-electron chi connectivity index (χ4n) is 7.60. The predicted octanol–water partition coefficient (Wildman–Crippen LogP) is 3.40. The van der Waals surface area contributed by atoms with E-state index in [1.165, 1.54) is 19.3 Å². The van der Waals surface area contributed by atoms with Crippen molar-refractivity contribution in [1.29, 1.82) is 5.26 Å². The largest absolute Gasteiger partial charge is 0.378 e. The third-order valence-corrected chi connectivity index (χ3v) is 10.1. The summed E-state index contributed by atoms with van der Waals surface area (Å²) < 4.78 is 35.3. The van der Waals surface area contributed by atoms with Crippen molar-refractivity contribution in [3.05, 3.63) is 24.0 Å². The van der Waals surface area contributed by atoms with Crippen LogP contribution in [0.15, 0.2) is 22.7 Å². The van der Waals surface area contributed by atoms with Gasteiger partial charge in [-0.05, 0) is 50.2 Å². The quantitative estimate of drug-likeness (QED) is 0.353. The summed E-state index contributed by atoms with van der Waals surface area (Å²) in [5.74, 6) is -1.01. The number of H-pyrrole nitrogens is 1. The van der Waals surface area contributed by atoms with Gasteiger partial charge in [0.15, 0.2) is 0 Å². The van der Waals surface area contributed by atoms with E-state index in [2.05, 4.69) is 25.7 Å². The molecule has 3 unspecified atom stereocenters. The van der Waals surface area contributed by atoms with Crippen molar-refractivity contribution in [3.8, 4) is 6.07 Å². The minimum Gasteiger partial charge on any atom is -0.378 e. The lowest BCUT2D eigenvalue weighted by Crippen LogP contribution is -2.57. The number of hydrogen-bond acceptors (Lipinski definition) is 6. The van der Waals surface area contributed by atoms with Gasteiger partial charge >= 0.3 is 0 Å². The van der Waals surface area contributed by atoms with Crippen LogP contribution in [0.2, 0.25) is 0 Å². The normalized spacial score (nSPS) is 27.3. The Balaban J connectivity index is 1.53. The fraction of sp³-hybridized carbons (Fsp3) is 0.767. The highest BCUT2D eigenvalue weighted by Gasteiger charge is 2.47. The molecule has 5 rings (SSSR count). The third-order valence-electron chi connectivity index (χ3n) is 9.62. The van der Waals surface area contributed by atoms with E-state index < -0.39 is 21.5 Å². The molecule has 10 nitrogen and oxygen atoms in total. The van der Waals surface area contributed by atoms with Crippen molar-refractivity contribution in [2.24, 2.45) is 16.2 Å². The van der Waals surface area contributed by atoms with Crippen molar-refractivity contribution in [2.75, 3.05) is 45.6 Å². The highest BCUT2D eigenvalue weighted by molar-refractivity contribution is 7.89. The lowest BCUT2D eigenvalue weighted by Gasteiger charge is -2.40. The monoisotopic (exact) mass is 586 g/mol. The van der Waals surface area contributed by atoms with Crippen LogP contribution in [-0.4, -0.2) is 92.2 Å². The Bertz CT molecular complexity index is 1190. The number of hydrogen-bond donors (Lipinski definition) is 2. The number of aromatic nitrogens is 1. The molecule has 3 heterocycles. The Morgan fingerprint density at radius 1 is 1.12 bits per heavy atom. The maximum absolute atomic E-state index is 14.7. The molecule has 11 heteroatoms. The van der Waals surface area contributed by atoms with E-state index in [-0.39, 0.29) is 23.6 Å². The van der Waals surface area contributed by atoms with Crippen molar-refractivity contribution >= 4 is 21.8 Å². The second-order valence-corrected chi connectivity index (χ2v) is 14.2. The molecular weight excluding hydrogens is 540 g/mol. The fourth-order valence-corrected chi connectivity index (χ4v) is 8.17. The molecule has 2 aliphatic heterocycles. The molecule has 226 valence electrons. The van der Waals surface area contributed by atoms with Gasteiger partial charge in [0.2, 0.25) is 5.91 Å². The molecule has 4 fully saturated rings. The minimum atomic E-state index is -3.81. The molecule has 4 aliphatic rings. The molecule has 1 aromatic rings. The first-order valence-corrected chi connectivity index (χ1v) is 17.4. The number of likely N-dealkylation sites (tertiary alicyclic amines) is 1. The van der Waals surface area contributed by atoms with Gasteiger partial charge in [-0.2, -0.15) is 5.26 Å². The third kappa shape index (κ3) is 7.33. The lowest BCUT2D eigenvalue weighted by molar-refractivity contribution is -0.125. The molecule has 1 aromatic heterocycles. The standard InChI is InChI=1S/C30H46N6O4S/c1-41(38,39)34-28(35-17-19-40-20-18-35)27(26(25-13-8-15-32-25)23-9-4-2-5-10-23)29(37)33-30(21-31)14-16-36(22-30)24-11-6-3-7-12-24/h8,13,15,23-24,26-27,32H,2-7,9-12,14,16-20,22H2,1H3,(H,33,37). The molecule has 2 saturated heterocycles. The highest BCUT2D eigenvalue weighted by Crippen LogP contribution is 2.42. The highest BCUT2D eigenvalue weighted by atomic mass is 32.2. The van der Waals surface area contributed by atoms with E-state index in [0.29, 0.717) is 45.3 Å². The number of nitrogens with zero attached hydrogens (tertiary/aromatic N) is 4. The van der Waals surface area contributed by atoms with E-state index in [1.54, 1.807) is 0 Å². The van der Waals surface area contributed by atoms with Crippen LogP contribution in [0.1, 0.15) is 82.2 Å². The molecule has 3 atom stereocenters. The van der Waals surface area contributed by atoms with Gasteiger partial charge in [0.25, 0.3) is 10.0 Å². The first kappa shape index (κ1) is 30.1. The van der Waals surface area contributed by atoms with Crippen LogP contribution >= 0.6 is 0 Å². The Morgan fingerprint density at radius 3 is 2.41 bits per heavy atom. The molecule has 2 aliphatic carbocycles. The van der Waals surface area contributed by atoms with Gasteiger partial charge in [0.1, 0.15) is 17.3 Å². The first-order chi connectivity index (χ1) is 19.8. The maximum Gasteiger partial charge on any atom is 0.251 e. The summed E-state index contributed by atoms with van der Waals surface area (Å²) in [6.07, 6.45) is 14.7. The van der Waals surface area contributed by atoms with Crippen LogP contribution in [0.25, 0.3) is 0 Å². The van der Waals surface area contributed by atoms with Crippen molar-refractivity contribution < 1.29 is 17.9 Å². The van der Waals surface area contributed by atoms with Gasteiger partial charge < -0.3 is 19.9 Å². The van der Waals surface area contributed by atoms with Crippen LogP contribution in [0.4, 0.5) is 0 Å². The zero-order valence-corrected chi connectivity index (χ0v) is 25.2. The molecule has 2 N–H and O–H groups in total. The number of carbonyl (C=O) groups excluding carboxylic acids is 1. The number of rotatable bonds is 8. The summed E-state index contributed by atoms with van der Waals surface area (Å²) in [4.78, 5) is 22.3. The summed E-state index contributed by atoms with van der Waals surface area (Å²) in [6.45, 7) is 3.07. The smallest absolute Gasteiger partial charge is 0.251 e. The Labute approximate surface area is 244 Å². The van der Waals surface area contributed by atoms with Gasteiger partial charge in [-0.25, -0.2) is 8.42 Å². The minimum absolute atomic E-state index is 0.185. The van der Waals surface area contributed by atoms with Gasteiger partial charge in [-0.15, -0.1) is 4.40 Å². The summed E-state index contributed by atoms with van der Waals surface area (Å²) in [6, 6.07) is 6.86. The van der Waals surface area contributed by atoms with Crippen LogP contribution in [0.3, 0.4) is 0 Å². The molecule has 0 spiro atoms. The Hall–Kier alpha value is -2.42. The Morgan fingerprint density at radius 2 is 1.80 bits per heavy atom. The molecule has 2 saturated carbocycles. The molecule has 41 heavy (non-hydrogen) atoms. The number of amides is 1. The van der Waals surface area contributed by atoms with Gasteiger partial charge in [0.05, 0.1) is 25.5 Å². The maximum atomic E-state index is 14.7. The van der Waals surface area contributed by atoms with Gasteiger partial charge in [-0.1, -0.05) is 38.5 Å². The SMILES string of the molecule is CS(=O)(=O)N=C(C(C(=O)NC1(C#N)CCN(C2CCCCC2)C1)C(c1ccc[nH]1)C1CCCCC1)N1CCOCC1. The number of morpholine rings is 1. The van der Waals surface area contributed by atoms with Crippen LogP contribution in [0, 0.1) is 23.2 Å². The van der Waals surface area contributed by atoms with Crippen LogP contribution < -0.4 is 5.32 Å². The van der Waals surface area contributed by atoms with E-state index in [0.717, 1.165) is 63.4 Å². The van der Waals surface area contributed by atoms with E-state index in [9.17, 15) is 18.5 Å². The van der Waals surface area contributed by atoms with Gasteiger partial charge in [-0.3, -0.25) is 9.69 Å². The van der Waals surface area contributed by atoms with E-state index >= 15 is 0 Å². The number of carbonyl (C=O) groups is 1. The van der Waals surface area contributed by atoms with Gasteiger partial charge in [0, 0.05) is 50.0 Å². The van der Waals surface area contributed by atoms with Crippen molar-refractivity contribution in [1.82, 2.24) is 20.1 Å². The summed E-state index contributed by atoms with van der Waals surface area (Å²) >= 11 is 0. The average molecular weight is 587 g/mol. The second-order valence-electron chi connectivity index (χ2n) is 12.5. The summed E-state index contributed by atoms with van der Waals surface area (Å²) in [7, 11) is -3.81. The number of aromatic amines is 1. The number of amidine groups is 1. The summed E-state index contributed by atoms with van der Waals surface area (Å²) in [5.41, 5.74) is -0.103. The van der Waals surface area contributed by atoms with Crippen LogP contribution in [-0.2, 0) is 19.6 Å². The summed E-state index contributed by atoms with van der Waals surface area (Å²) in [5, 5.41) is 13.7.